The molecule has 9 aromatic rings. The van der Waals surface area contributed by atoms with Crippen molar-refractivity contribution in [3.8, 4) is 33.4 Å². The molecule has 1 heterocycles. The molecule has 0 saturated heterocycles. The van der Waals surface area contributed by atoms with Gasteiger partial charge in [0.05, 0.1) is 5.52 Å². The second kappa shape index (κ2) is 12.0. The number of rotatable bonds is 6. The summed E-state index contributed by atoms with van der Waals surface area (Å²) >= 11 is 0. The Morgan fingerprint density at radius 3 is 1.71 bits per heavy atom. The molecule has 0 spiro atoms. The quantitative estimate of drug-likeness (QED) is 0.178. The van der Waals surface area contributed by atoms with Crippen molar-refractivity contribution in [1.29, 1.82) is 0 Å². The lowest BCUT2D eigenvalue weighted by atomic mass is 9.97. The largest absolute Gasteiger partial charge is 0.343 e. The Kier molecular flexibility index (Phi) is 7.06. The summed E-state index contributed by atoms with van der Waals surface area (Å²) in [6, 6.07) is 67.8. The summed E-state index contributed by atoms with van der Waals surface area (Å²) in [5, 5.41) is 5.20. The summed E-state index contributed by atoms with van der Waals surface area (Å²) in [5.41, 5.74) is 13.2. The van der Waals surface area contributed by atoms with Crippen molar-refractivity contribution in [3.05, 3.63) is 188 Å². The maximum absolute atomic E-state index is 2.35. The molecular weight excluding hydrogens is 593 g/mol. The smallest absolute Gasteiger partial charge is 0.0568 e. The van der Waals surface area contributed by atoms with Crippen LogP contribution in [0.15, 0.2) is 188 Å². The fraction of sp³-hybridized carbons (Fsp3) is 0.0213. The summed E-state index contributed by atoms with van der Waals surface area (Å²) in [6.07, 6.45) is 0. The van der Waals surface area contributed by atoms with E-state index in [1.165, 1.54) is 66.0 Å². The second-order valence-corrected chi connectivity index (χ2v) is 12.7. The molecule has 0 radical (unpaired) electrons. The normalized spacial score (nSPS) is 11.4. The number of para-hydroxylation sites is 2. The van der Waals surface area contributed by atoms with Gasteiger partial charge in [-0.15, -0.1) is 0 Å². The Morgan fingerprint density at radius 1 is 0.388 bits per heavy atom. The van der Waals surface area contributed by atoms with E-state index in [4.69, 9.17) is 0 Å². The molecule has 49 heavy (non-hydrogen) atoms. The van der Waals surface area contributed by atoms with Gasteiger partial charge in [0.15, 0.2) is 0 Å². The fourth-order valence-electron chi connectivity index (χ4n) is 7.41. The van der Waals surface area contributed by atoms with Crippen molar-refractivity contribution in [1.82, 2.24) is 4.57 Å². The lowest BCUT2D eigenvalue weighted by Crippen LogP contribution is -2.09. The highest BCUT2D eigenvalue weighted by Gasteiger charge is 2.16. The summed E-state index contributed by atoms with van der Waals surface area (Å²) in [7, 11) is 2.19. The molecule has 232 valence electrons. The SMILES string of the molecule is Cn1c2ccc3ccccc3c2c2cccc(-c3ccc(-c4ccc(N(c5ccccc5)c5cccc(-c6ccccc6)c5)cc4)cc3)c21. The van der Waals surface area contributed by atoms with E-state index in [2.05, 4.69) is 205 Å². The zero-order valence-electron chi connectivity index (χ0n) is 27.3. The molecule has 1 aromatic heterocycles. The number of hydrogen-bond donors (Lipinski definition) is 0. The minimum atomic E-state index is 1.12. The lowest BCUT2D eigenvalue weighted by molar-refractivity contribution is 1.02. The Bertz CT molecular complexity index is 2580. The minimum absolute atomic E-state index is 1.12. The first-order valence-electron chi connectivity index (χ1n) is 16.8. The molecule has 0 saturated carbocycles. The molecule has 0 aliphatic heterocycles. The van der Waals surface area contributed by atoms with E-state index in [0.29, 0.717) is 0 Å². The van der Waals surface area contributed by atoms with Gasteiger partial charge in [0, 0.05) is 46.0 Å². The van der Waals surface area contributed by atoms with Gasteiger partial charge in [-0.2, -0.15) is 0 Å². The van der Waals surface area contributed by atoms with Gasteiger partial charge in [-0.3, -0.25) is 0 Å². The van der Waals surface area contributed by atoms with Crippen LogP contribution < -0.4 is 4.90 Å². The van der Waals surface area contributed by atoms with Crippen LogP contribution in [0.5, 0.6) is 0 Å². The van der Waals surface area contributed by atoms with Crippen molar-refractivity contribution in [2.24, 2.45) is 7.05 Å². The van der Waals surface area contributed by atoms with Crippen molar-refractivity contribution in [3.63, 3.8) is 0 Å². The molecule has 0 N–H and O–H groups in total. The molecule has 8 aromatic carbocycles. The van der Waals surface area contributed by atoms with Crippen molar-refractivity contribution >= 4 is 49.6 Å². The summed E-state index contributed by atoms with van der Waals surface area (Å²) in [5.74, 6) is 0. The average Bonchev–Trinajstić information content (AvgIpc) is 3.48. The van der Waals surface area contributed by atoms with Gasteiger partial charge < -0.3 is 9.47 Å². The third-order valence-corrected chi connectivity index (χ3v) is 9.79. The highest BCUT2D eigenvalue weighted by atomic mass is 15.1. The molecular formula is C47H34N2. The first-order chi connectivity index (χ1) is 24.2. The lowest BCUT2D eigenvalue weighted by Gasteiger charge is -2.26. The Labute approximate surface area is 286 Å². The van der Waals surface area contributed by atoms with Crippen LogP contribution >= 0.6 is 0 Å². The monoisotopic (exact) mass is 626 g/mol. The predicted octanol–water partition coefficient (Wildman–Crippen LogP) is 13.0. The Hall–Kier alpha value is -6.38. The van der Waals surface area contributed by atoms with Gasteiger partial charge in [-0.1, -0.05) is 146 Å². The van der Waals surface area contributed by atoms with Gasteiger partial charge in [-0.25, -0.2) is 0 Å². The molecule has 0 amide bonds. The number of fused-ring (bicyclic) bond motifs is 5. The second-order valence-electron chi connectivity index (χ2n) is 12.7. The molecule has 0 aliphatic carbocycles. The Balaban J connectivity index is 1.06. The fourth-order valence-corrected chi connectivity index (χ4v) is 7.41. The first-order valence-corrected chi connectivity index (χ1v) is 16.8. The topological polar surface area (TPSA) is 8.17 Å². The van der Waals surface area contributed by atoms with Gasteiger partial charge in [0.25, 0.3) is 0 Å². The Morgan fingerprint density at radius 2 is 0.939 bits per heavy atom. The zero-order valence-corrected chi connectivity index (χ0v) is 27.3. The van der Waals surface area contributed by atoms with Crippen LogP contribution in [-0.2, 0) is 7.05 Å². The van der Waals surface area contributed by atoms with E-state index in [9.17, 15) is 0 Å². The molecule has 0 unspecified atom stereocenters. The molecule has 0 bridgehead atoms. The zero-order chi connectivity index (χ0) is 32.7. The number of aryl methyl sites for hydroxylation is 1. The van der Waals surface area contributed by atoms with Crippen LogP contribution in [0.4, 0.5) is 17.1 Å². The van der Waals surface area contributed by atoms with Gasteiger partial charge >= 0.3 is 0 Å². The molecule has 9 rings (SSSR count). The highest BCUT2D eigenvalue weighted by Crippen LogP contribution is 2.40. The van der Waals surface area contributed by atoms with E-state index < -0.39 is 0 Å². The minimum Gasteiger partial charge on any atom is -0.343 e. The summed E-state index contributed by atoms with van der Waals surface area (Å²) in [4.78, 5) is 2.33. The number of anilines is 3. The van der Waals surface area contributed by atoms with Crippen molar-refractivity contribution in [2.45, 2.75) is 0 Å². The molecule has 0 atom stereocenters. The maximum Gasteiger partial charge on any atom is 0.0568 e. The highest BCUT2D eigenvalue weighted by molar-refractivity contribution is 6.22. The summed E-state index contributed by atoms with van der Waals surface area (Å²) in [6.45, 7) is 0. The molecule has 0 aliphatic rings. The standard InChI is InChI=1S/C47H34N2/c1-48-45-31-28-36-14-8-9-19-42(36)46(45)44-21-11-20-43(47(44)48)37-24-22-34(23-25-37)35-26-29-40(30-27-35)49(39-16-6-3-7-17-39)41-18-10-15-38(32-41)33-12-4-2-5-13-33/h2-32H,1H3. The first kappa shape index (κ1) is 28.8. The van der Waals surface area contributed by atoms with Crippen molar-refractivity contribution in [2.75, 3.05) is 4.90 Å². The van der Waals surface area contributed by atoms with E-state index in [0.717, 1.165) is 17.1 Å². The maximum atomic E-state index is 2.35. The van der Waals surface area contributed by atoms with E-state index >= 15 is 0 Å². The van der Waals surface area contributed by atoms with Crippen LogP contribution in [0.2, 0.25) is 0 Å². The molecule has 2 nitrogen and oxygen atoms in total. The van der Waals surface area contributed by atoms with E-state index in [-0.39, 0.29) is 0 Å². The van der Waals surface area contributed by atoms with Crippen molar-refractivity contribution < 1.29 is 0 Å². The van der Waals surface area contributed by atoms with E-state index in [1.54, 1.807) is 0 Å². The van der Waals surface area contributed by atoms with Crippen LogP contribution in [0.25, 0.3) is 66.0 Å². The van der Waals surface area contributed by atoms with Crippen LogP contribution in [0.1, 0.15) is 0 Å². The van der Waals surface area contributed by atoms with Gasteiger partial charge in [0.2, 0.25) is 0 Å². The molecule has 2 heteroatoms. The average molecular weight is 627 g/mol. The third-order valence-electron chi connectivity index (χ3n) is 9.79. The van der Waals surface area contributed by atoms with Crippen LogP contribution in [0, 0.1) is 0 Å². The number of hydrogen-bond acceptors (Lipinski definition) is 1. The number of benzene rings is 8. The third kappa shape index (κ3) is 5.06. The van der Waals surface area contributed by atoms with Gasteiger partial charge in [-0.05, 0) is 81.1 Å². The predicted molar refractivity (Wildman–Crippen MR) is 209 cm³/mol. The number of nitrogens with zero attached hydrogens (tertiary/aromatic N) is 2. The summed E-state index contributed by atoms with van der Waals surface area (Å²) < 4.78 is 2.35. The molecule has 0 fully saturated rings. The van der Waals surface area contributed by atoms with Crippen LogP contribution in [-0.4, -0.2) is 4.57 Å². The number of aromatic nitrogens is 1. The van der Waals surface area contributed by atoms with Gasteiger partial charge in [0.1, 0.15) is 0 Å². The van der Waals surface area contributed by atoms with E-state index in [1.807, 2.05) is 0 Å². The van der Waals surface area contributed by atoms with Crippen LogP contribution in [0.3, 0.4) is 0 Å².